The van der Waals surface area contributed by atoms with Crippen molar-refractivity contribution in [2.75, 3.05) is 26.3 Å². The monoisotopic (exact) mass is 406 g/mol. The van der Waals surface area contributed by atoms with Gasteiger partial charge >= 0.3 is 0 Å². The van der Waals surface area contributed by atoms with Crippen LogP contribution in [0.25, 0.3) is 10.2 Å². The zero-order valence-corrected chi connectivity index (χ0v) is 17.4. The summed E-state index contributed by atoms with van der Waals surface area (Å²) in [5.74, 6) is 0.744. The molecule has 0 aliphatic carbocycles. The van der Waals surface area contributed by atoms with Crippen molar-refractivity contribution in [3.8, 4) is 0 Å². The van der Waals surface area contributed by atoms with E-state index in [2.05, 4.69) is 35.2 Å². The number of para-hydroxylation sites is 1. The minimum Gasteiger partial charge on any atom is -0.381 e. The standard InChI is InChI=1S/C24H26N2O2S/c27-23(24(12-16-28-17-13-24)19-6-2-1-3-7-19)26-14-10-18(11-15-26)22-25-20-8-4-5-9-21(20)29-22/h1-9,18H,10-17H2. The van der Waals surface area contributed by atoms with Gasteiger partial charge in [0, 0.05) is 32.2 Å². The van der Waals surface area contributed by atoms with Crippen molar-refractivity contribution < 1.29 is 9.53 Å². The van der Waals surface area contributed by atoms with Crippen LogP contribution in [0.5, 0.6) is 0 Å². The topological polar surface area (TPSA) is 42.4 Å². The van der Waals surface area contributed by atoms with Gasteiger partial charge < -0.3 is 9.64 Å². The smallest absolute Gasteiger partial charge is 0.233 e. The molecule has 2 saturated heterocycles. The molecule has 0 atom stereocenters. The second-order valence-electron chi connectivity index (χ2n) is 8.15. The number of rotatable bonds is 3. The Morgan fingerprint density at radius 2 is 1.69 bits per heavy atom. The molecule has 0 radical (unpaired) electrons. The van der Waals surface area contributed by atoms with Crippen LogP contribution in [-0.4, -0.2) is 42.1 Å². The zero-order valence-electron chi connectivity index (χ0n) is 16.5. The first-order valence-electron chi connectivity index (χ1n) is 10.5. The van der Waals surface area contributed by atoms with Gasteiger partial charge in [-0.3, -0.25) is 4.79 Å². The van der Waals surface area contributed by atoms with Crippen LogP contribution >= 0.6 is 11.3 Å². The number of hydrogen-bond acceptors (Lipinski definition) is 4. The van der Waals surface area contributed by atoms with E-state index in [1.165, 1.54) is 9.71 Å². The molecule has 2 aliphatic rings. The number of aromatic nitrogens is 1. The van der Waals surface area contributed by atoms with Gasteiger partial charge in [-0.15, -0.1) is 11.3 Å². The predicted octanol–water partition coefficient (Wildman–Crippen LogP) is 4.75. The highest BCUT2D eigenvalue weighted by atomic mass is 32.1. The fraction of sp³-hybridized carbons (Fsp3) is 0.417. The van der Waals surface area contributed by atoms with Gasteiger partial charge in [0.25, 0.3) is 0 Å². The highest BCUT2D eigenvalue weighted by molar-refractivity contribution is 7.18. The summed E-state index contributed by atoms with van der Waals surface area (Å²) in [7, 11) is 0. The fourth-order valence-electron chi connectivity index (χ4n) is 4.80. The van der Waals surface area contributed by atoms with Gasteiger partial charge in [0.05, 0.1) is 20.6 Å². The predicted molar refractivity (Wildman–Crippen MR) is 116 cm³/mol. The highest BCUT2D eigenvalue weighted by Gasteiger charge is 2.44. The van der Waals surface area contributed by atoms with Crippen LogP contribution in [0.2, 0.25) is 0 Å². The second-order valence-corrected chi connectivity index (χ2v) is 9.21. The number of ether oxygens (including phenoxy) is 1. The summed E-state index contributed by atoms with van der Waals surface area (Å²) in [6.45, 7) is 2.94. The van der Waals surface area contributed by atoms with Crippen LogP contribution in [0.1, 0.15) is 42.2 Å². The Bertz CT molecular complexity index is 953. The summed E-state index contributed by atoms with van der Waals surface area (Å²) in [6, 6.07) is 18.7. The quantitative estimate of drug-likeness (QED) is 0.630. The molecule has 150 valence electrons. The van der Waals surface area contributed by atoms with Crippen LogP contribution in [0.3, 0.4) is 0 Å². The van der Waals surface area contributed by atoms with Gasteiger partial charge in [-0.2, -0.15) is 0 Å². The summed E-state index contributed by atoms with van der Waals surface area (Å²) in [4.78, 5) is 20.7. The lowest BCUT2D eigenvalue weighted by Gasteiger charge is -2.42. The molecule has 2 aromatic carbocycles. The SMILES string of the molecule is O=C(N1CCC(c2nc3ccccc3s2)CC1)C1(c2ccccc2)CCOCC1. The summed E-state index contributed by atoms with van der Waals surface area (Å²) < 4.78 is 6.87. The van der Waals surface area contributed by atoms with Crippen LogP contribution < -0.4 is 0 Å². The molecule has 5 heteroatoms. The number of thiazole rings is 1. The average Bonchev–Trinajstić information content (AvgIpc) is 3.24. The molecule has 0 bridgehead atoms. The number of benzene rings is 2. The fourth-order valence-corrected chi connectivity index (χ4v) is 5.94. The molecular weight excluding hydrogens is 380 g/mol. The van der Waals surface area contributed by atoms with Crippen molar-refractivity contribution in [2.45, 2.75) is 37.0 Å². The minimum absolute atomic E-state index is 0.287. The lowest BCUT2D eigenvalue weighted by molar-refractivity contribution is -0.142. The highest BCUT2D eigenvalue weighted by Crippen LogP contribution is 2.39. The van der Waals surface area contributed by atoms with Crippen molar-refractivity contribution in [3.63, 3.8) is 0 Å². The molecule has 0 saturated carbocycles. The second kappa shape index (κ2) is 7.88. The summed E-state index contributed by atoms with van der Waals surface area (Å²) in [5.41, 5.74) is 1.81. The minimum atomic E-state index is -0.428. The number of carbonyl (C=O) groups excluding carboxylic acids is 1. The van der Waals surface area contributed by atoms with Gasteiger partial charge in [0.1, 0.15) is 0 Å². The van der Waals surface area contributed by atoms with E-state index < -0.39 is 5.41 Å². The Morgan fingerprint density at radius 3 is 2.41 bits per heavy atom. The summed E-state index contributed by atoms with van der Waals surface area (Å²) in [5, 5.41) is 1.22. The Kier molecular flexibility index (Phi) is 5.10. The van der Waals surface area contributed by atoms with E-state index in [0.717, 1.165) is 49.9 Å². The summed E-state index contributed by atoms with van der Waals surface area (Å²) in [6.07, 6.45) is 3.53. The largest absolute Gasteiger partial charge is 0.381 e. The first kappa shape index (κ1) is 18.8. The van der Waals surface area contributed by atoms with Gasteiger partial charge in [0.15, 0.2) is 0 Å². The molecule has 3 heterocycles. The number of amides is 1. The molecule has 29 heavy (non-hydrogen) atoms. The van der Waals surface area contributed by atoms with Gasteiger partial charge in [-0.1, -0.05) is 42.5 Å². The first-order chi connectivity index (χ1) is 14.3. The van der Waals surface area contributed by atoms with E-state index in [1.807, 2.05) is 24.3 Å². The molecule has 0 spiro atoms. The third kappa shape index (κ3) is 3.47. The van der Waals surface area contributed by atoms with Gasteiger partial charge in [-0.05, 0) is 43.4 Å². The van der Waals surface area contributed by atoms with Gasteiger partial charge in [0.2, 0.25) is 5.91 Å². The zero-order chi connectivity index (χ0) is 19.7. The number of hydrogen-bond donors (Lipinski definition) is 0. The van der Waals surface area contributed by atoms with E-state index >= 15 is 0 Å². The maximum atomic E-state index is 13.7. The van der Waals surface area contributed by atoms with Crippen molar-refractivity contribution in [1.82, 2.24) is 9.88 Å². The van der Waals surface area contributed by atoms with E-state index in [-0.39, 0.29) is 5.91 Å². The van der Waals surface area contributed by atoms with E-state index in [1.54, 1.807) is 11.3 Å². The van der Waals surface area contributed by atoms with E-state index in [0.29, 0.717) is 19.1 Å². The van der Waals surface area contributed by atoms with Crippen molar-refractivity contribution in [3.05, 3.63) is 65.2 Å². The molecule has 0 N–H and O–H groups in total. The van der Waals surface area contributed by atoms with Crippen LogP contribution in [0.15, 0.2) is 54.6 Å². The molecule has 4 nitrogen and oxygen atoms in total. The van der Waals surface area contributed by atoms with E-state index in [9.17, 15) is 4.79 Å². The molecular formula is C24H26N2O2S. The molecule has 2 aliphatic heterocycles. The molecule has 2 fully saturated rings. The van der Waals surface area contributed by atoms with Gasteiger partial charge in [-0.25, -0.2) is 4.98 Å². The Balaban J connectivity index is 1.33. The maximum absolute atomic E-state index is 13.7. The maximum Gasteiger partial charge on any atom is 0.233 e. The number of likely N-dealkylation sites (tertiary alicyclic amines) is 1. The Morgan fingerprint density at radius 1 is 1.00 bits per heavy atom. The third-order valence-corrected chi connectivity index (χ3v) is 7.72. The molecule has 5 rings (SSSR count). The van der Waals surface area contributed by atoms with Crippen LogP contribution in [0.4, 0.5) is 0 Å². The molecule has 1 amide bonds. The van der Waals surface area contributed by atoms with Crippen molar-refractivity contribution in [2.24, 2.45) is 0 Å². The number of carbonyl (C=O) groups is 1. The van der Waals surface area contributed by atoms with Crippen molar-refractivity contribution >= 4 is 27.5 Å². The molecule has 3 aromatic rings. The average molecular weight is 407 g/mol. The number of nitrogens with zero attached hydrogens (tertiary/aromatic N) is 2. The third-order valence-electron chi connectivity index (χ3n) is 6.52. The normalized spacial score (nSPS) is 20.1. The Hall–Kier alpha value is -2.24. The lowest BCUT2D eigenvalue weighted by Crippen LogP contribution is -2.51. The van der Waals surface area contributed by atoms with Crippen LogP contribution in [0, 0.1) is 0 Å². The van der Waals surface area contributed by atoms with Crippen LogP contribution in [-0.2, 0) is 14.9 Å². The number of piperidine rings is 1. The van der Waals surface area contributed by atoms with Crippen molar-refractivity contribution in [1.29, 1.82) is 0 Å². The molecule has 1 aromatic heterocycles. The first-order valence-corrected chi connectivity index (χ1v) is 11.4. The summed E-state index contributed by atoms with van der Waals surface area (Å²) >= 11 is 1.81. The Labute approximate surface area is 175 Å². The number of fused-ring (bicyclic) bond motifs is 1. The lowest BCUT2D eigenvalue weighted by atomic mass is 9.72. The molecule has 0 unspecified atom stereocenters. The van der Waals surface area contributed by atoms with E-state index in [4.69, 9.17) is 9.72 Å².